The van der Waals surface area contributed by atoms with Gasteiger partial charge in [-0.2, -0.15) is 0 Å². The molecule has 218 valence electrons. The minimum Gasteiger partial charge on any atom is -0.497 e. The van der Waals surface area contributed by atoms with Crippen LogP contribution in [0.15, 0.2) is 49.6 Å². The molecular weight excluding hydrogens is 512 g/mol. The summed E-state index contributed by atoms with van der Waals surface area (Å²) in [7, 11) is 1.57. The Bertz CT molecular complexity index is 1150. The maximum atomic E-state index is 14.7. The molecule has 0 aliphatic carbocycles. The first-order valence-corrected chi connectivity index (χ1v) is 14.0. The van der Waals surface area contributed by atoms with Crippen LogP contribution in [0.25, 0.3) is 0 Å². The van der Waals surface area contributed by atoms with E-state index >= 15 is 0 Å². The maximum Gasteiger partial charge on any atom is 0.312 e. The molecule has 4 rings (SSSR count). The topological polar surface area (TPSA) is 106 Å². The van der Waals surface area contributed by atoms with Gasteiger partial charge >= 0.3 is 5.97 Å². The van der Waals surface area contributed by atoms with Crippen LogP contribution in [-0.4, -0.2) is 77.9 Å². The molecule has 3 unspecified atom stereocenters. The average molecular weight is 555 g/mol. The second kappa shape index (κ2) is 11.4. The van der Waals surface area contributed by atoms with Crippen molar-refractivity contribution < 1.29 is 33.7 Å². The number of carbonyl (C=O) groups is 3. The second-order valence-electron chi connectivity index (χ2n) is 11.6. The van der Waals surface area contributed by atoms with E-state index in [1.54, 1.807) is 48.4 Å². The van der Waals surface area contributed by atoms with Crippen molar-refractivity contribution in [3.63, 3.8) is 0 Å². The van der Waals surface area contributed by atoms with E-state index in [-0.39, 0.29) is 43.4 Å². The summed E-state index contributed by atoms with van der Waals surface area (Å²) in [5, 5.41) is 10.5. The Hall–Kier alpha value is -3.17. The third-order valence-corrected chi connectivity index (χ3v) is 9.08. The molecule has 0 radical (unpaired) electrons. The average Bonchev–Trinajstić information content (AvgIpc) is 3.44. The molecule has 3 aliphatic heterocycles. The monoisotopic (exact) mass is 554 g/mol. The second-order valence-corrected chi connectivity index (χ2v) is 11.6. The van der Waals surface area contributed by atoms with E-state index in [1.165, 1.54) is 4.90 Å². The lowest BCUT2D eigenvalue weighted by Crippen LogP contribution is -2.60. The SMILES string of the molecule is C=CCCOC(=O)[C@H]1[C@H]2C(=O)N([C@@H](CO)C(C)C)C(C(=O)N(CC=C)c3ccc(OC)cc3)C23CC(C)[C@]1(C)O3. The van der Waals surface area contributed by atoms with E-state index in [4.69, 9.17) is 14.2 Å². The lowest BCUT2D eigenvalue weighted by Gasteiger charge is -2.40. The third kappa shape index (κ3) is 4.53. The van der Waals surface area contributed by atoms with Crippen LogP contribution < -0.4 is 9.64 Å². The van der Waals surface area contributed by atoms with Gasteiger partial charge in [0.15, 0.2) is 0 Å². The minimum absolute atomic E-state index is 0.121. The van der Waals surface area contributed by atoms with Crippen LogP contribution in [0, 0.1) is 23.7 Å². The van der Waals surface area contributed by atoms with Crippen molar-refractivity contribution in [2.45, 2.75) is 63.8 Å². The number of nitrogens with zero attached hydrogens (tertiary/aromatic N) is 2. The molecule has 0 saturated carbocycles. The summed E-state index contributed by atoms with van der Waals surface area (Å²) in [6.07, 6.45) is 4.20. The first kappa shape index (κ1) is 29.8. The fraction of sp³-hybridized carbons (Fsp3) is 0.581. The molecule has 2 bridgehead atoms. The van der Waals surface area contributed by atoms with E-state index < -0.39 is 41.1 Å². The van der Waals surface area contributed by atoms with E-state index in [0.717, 1.165) is 0 Å². The number of benzene rings is 1. The number of methoxy groups -OCH3 is 1. The summed E-state index contributed by atoms with van der Waals surface area (Å²) in [5.41, 5.74) is -1.62. The predicted molar refractivity (Wildman–Crippen MR) is 151 cm³/mol. The molecule has 1 aromatic carbocycles. The molecule has 3 heterocycles. The van der Waals surface area contributed by atoms with Crippen LogP contribution in [0.4, 0.5) is 5.69 Å². The number of esters is 1. The molecular formula is C31H42N2O7. The molecule has 9 heteroatoms. The van der Waals surface area contributed by atoms with Crippen LogP contribution in [0.2, 0.25) is 0 Å². The first-order chi connectivity index (χ1) is 19.0. The highest BCUT2D eigenvalue weighted by molar-refractivity contribution is 6.05. The standard InChI is InChI=1S/C31H42N2O7/c1-8-10-16-39-29(37)25-24-27(35)33(23(18-34)19(3)4)26(31(24)17-20(5)30(25,6)40-31)28(36)32(15-9-2)21-11-13-22(38-7)14-12-21/h8-9,11-14,19-20,23-26,34H,1-2,10,15-18H2,3-7H3/t20?,23-,24-,25+,26?,30-,31?/m0/s1. The van der Waals surface area contributed by atoms with Crippen LogP contribution in [0.3, 0.4) is 0 Å². The van der Waals surface area contributed by atoms with Crippen molar-refractivity contribution in [2.75, 3.05) is 31.8 Å². The van der Waals surface area contributed by atoms with Gasteiger partial charge in [0.25, 0.3) is 5.91 Å². The third-order valence-electron chi connectivity index (χ3n) is 9.08. The highest BCUT2D eigenvalue weighted by atomic mass is 16.6. The molecule has 1 aromatic rings. The van der Waals surface area contributed by atoms with Gasteiger partial charge in [0, 0.05) is 12.2 Å². The maximum absolute atomic E-state index is 14.7. The number of ether oxygens (including phenoxy) is 3. The van der Waals surface area contributed by atoms with Gasteiger partial charge in [-0.3, -0.25) is 14.4 Å². The lowest BCUT2D eigenvalue weighted by atomic mass is 9.62. The van der Waals surface area contributed by atoms with Crippen molar-refractivity contribution in [1.29, 1.82) is 0 Å². The number of rotatable bonds is 12. The fourth-order valence-electron chi connectivity index (χ4n) is 6.99. The molecule has 1 N–H and O–H groups in total. The van der Waals surface area contributed by atoms with Crippen molar-refractivity contribution in [3.8, 4) is 5.75 Å². The van der Waals surface area contributed by atoms with Crippen molar-refractivity contribution >= 4 is 23.5 Å². The van der Waals surface area contributed by atoms with E-state index in [0.29, 0.717) is 24.3 Å². The number of hydrogen-bond acceptors (Lipinski definition) is 7. The van der Waals surface area contributed by atoms with Gasteiger partial charge in [-0.1, -0.05) is 32.9 Å². The van der Waals surface area contributed by atoms with E-state index in [2.05, 4.69) is 13.2 Å². The van der Waals surface area contributed by atoms with Crippen LogP contribution in [0.5, 0.6) is 5.75 Å². The summed E-state index contributed by atoms with van der Waals surface area (Å²) >= 11 is 0. The minimum atomic E-state index is -1.25. The van der Waals surface area contributed by atoms with Gasteiger partial charge in [0.05, 0.1) is 37.9 Å². The number of carbonyl (C=O) groups excluding carboxylic acids is 3. The zero-order valence-corrected chi connectivity index (χ0v) is 24.2. The quantitative estimate of drug-likeness (QED) is 0.240. The Morgan fingerprint density at radius 2 is 1.93 bits per heavy atom. The first-order valence-electron chi connectivity index (χ1n) is 14.0. The molecule has 40 heavy (non-hydrogen) atoms. The summed E-state index contributed by atoms with van der Waals surface area (Å²) in [6, 6.07) is 5.38. The molecule has 9 nitrogen and oxygen atoms in total. The normalized spacial score (nSPS) is 31.2. The number of fused-ring (bicyclic) bond motifs is 1. The van der Waals surface area contributed by atoms with Crippen LogP contribution >= 0.6 is 0 Å². The van der Waals surface area contributed by atoms with Gasteiger partial charge < -0.3 is 29.1 Å². The Labute approximate surface area is 236 Å². The van der Waals surface area contributed by atoms with Crippen LogP contribution in [-0.2, 0) is 23.9 Å². The summed E-state index contributed by atoms with van der Waals surface area (Å²) in [4.78, 5) is 45.7. The molecule has 7 atom stereocenters. The molecule has 3 aliphatic rings. The van der Waals surface area contributed by atoms with Crippen molar-refractivity contribution in [2.24, 2.45) is 23.7 Å². The number of amides is 2. The van der Waals surface area contributed by atoms with E-state index in [1.807, 2.05) is 27.7 Å². The predicted octanol–water partition coefficient (Wildman–Crippen LogP) is 3.36. The Morgan fingerprint density at radius 3 is 2.48 bits per heavy atom. The number of likely N-dealkylation sites (tertiary alicyclic amines) is 1. The molecule has 1 spiro atoms. The molecule has 3 saturated heterocycles. The number of hydrogen-bond donors (Lipinski definition) is 1. The summed E-state index contributed by atoms with van der Waals surface area (Å²) in [5.74, 6) is -2.64. The van der Waals surface area contributed by atoms with Crippen LogP contribution in [0.1, 0.15) is 40.5 Å². The highest BCUT2D eigenvalue weighted by Crippen LogP contribution is 2.66. The largest absolute Gasteiger partial charge is 0.497 e. The van der Waals surface area contributed by atoms with Gasteiger partial charge in [-0.25, -0.2) is 0 Å². The number of aliphatic hydroxyl groups is 1. The van der Waals surface area contributed by atoms with Gasteiger partial charge in [0.1, 0.15) is 23.3 Å². The summed E-state index contributed by atoms with van der Waals surface area (Å²) < 4.78 is 17.7. The Kier molecular flexibility index (Phi) is 8.47. The Balaban J connectivity index is 1.84. The Morgan fingerprint density at radius 1 is 1.25 bits per heavy atom. The highest BCUT2D eigenvalue weighted by Gasteiger charge is 2.81. The molecule has 0 aromatic heterocycles. The number of anilines is 1. The smallest absolute Gasteiger partial charge is 0.312 e. The van der Waals surface area contributed by atoms with Gasteiger partial charge in [-0.15, -0.1) is 13.2 Å². The summed E-state index contributed by atoms with van der Waals surface area (Å²) in [6.45, 7) is 15.2. The van der Waals surface area contributed by atoms with E-state index in [9.17, 15) is 19.5 Å². The van der Waals surface area contributed by atoms with Crippen molar-refractivity contribution in [3.05, 3.63) is 49.6 Å². The van der Waals surface area contributed by atoms with Gasteiger partial charge in [-0.05, 0) is 55.9 Å². The lowest BCUT2D eigenvalue weighted by molar-refractivity contribution is -0.162. The number of aliphatic hydroxyl groups excluding tert-OH is 1. The van der Waals surface area contributed by atoms with Crippen molar-refractivity contribution in [1.82, 2.24) is 4.90 Å². The molecule has 3 fully saturated rings. The molecule has 2 amide bonds. The van der Waals surface area contributed by atoms with Gasteiger partial charge in [0.2, 0.25) is 5.91 Å². The zero-order valence-electron chi connectivity index (χ0n) is 24.2. The fourth-order valence-corrected chi connectivity index (χ4v) is 6.99. The zero-order chi connectivity index (χ0) is 29.4.